The van der Waals surface area contributed by atoms with Gasteiger partial charge in [0.2, 0.25) is 6.71 Å². The number of benzene rings is 7. The summed E-state index contributed by atoms with van der Waals surface area (Å²) in [5, 5.41) is 6.56. The molecular weight excluding hydrogens is 651 g/mol. The summed E-state index contributed by atoms with van der Waals surface area (Å²) in [6, 6.07) is 54.4. The Labute approximate surface area is 316 Å². The highest BCUT2D eigenvalue weighted by Gasteiger charge is 2.36. The molecule has 0 saturated heterocycles. The number of hydrogen-bond acceptors (Lipinski definition) is 0. The van der Waals surface area contributed by atoms with Gasteiger partial charge in [0.05, 0.1) is 22.2 Å². The zero-order chi connectivity index (χ0) is 36.1. The van der Waals surface area contributed by atoms with Gasteiger partial charge in [-0.05, 0) is 91.1 Å². The highest BCUT2D eigenvalue weighted by molar-refractivity contribution is 6.98. The third-order valence-corrected chi connectivity index (χ3v) is 12.1. The van der Waals surface area contributed by atoms with Crippen LogP contribution in [0.1, 0.15) is 29.5 Å². The van der Waals surface area contributed by atoms with E-state index in [1.807, 2.05) is 0 Å². The van der Waals surface area contributed by atoms with Crippen LogP contribution in [0.3, 0.4) is 0 Å². The molecule has 0 amide bonds. The van der Waals surface area contributed by atoms with Crippen LogP contribution in [-0.2, 0) is 0 Å². The van der Waals surface area contributed by atoms with E-state index >= 15 is 0 Å². The Bertz CT molecular complexity index is 3010. The maximum Gasteiger partial charge on any atom is 0.247 e. The first-order valence-electron chi connectivity index (χ1n) is 19.3. The molecule has 0 unspecified atom stereocenters. The summed E-state index contributed by atoms with van der Waals surface area (Å²) in [6.45, 7) is 6.96. The first-order valence-corrected chi connectivity index (χ1v) is 19.3. The van der Waals surface area contributed by atoms with E-state index in [4.69, 9.17) is 0 Å². The summed E-state index contributed by atoms with van der Waals surface area (Å²) in [5.41, 5.74) is 19.5. The summed E-state index contributed by atoms with van der Waals surface area (Å²) < 4.78 is 5.18. The molecule has 2 nitrogen and oxygen atoms in total. The van der Waals surface area contributed by atoms with Gasteiger partial charge >= 0.3 is 0 Å². The van der Waals surface area contributed by atoms with Crippen LogP contribution in [0.25, 0.3) is 78.5 Å². The van der Waals surface area contributed by atoms with Crippen molar-refractivity contribution in [1.29, 1.82) is 0 Å². The van der Waals surface area contributed by atoms with Gasteiger partial charge in [-0.1, -0.05) is 156 Å². The molecule has 0 spiro atoms. The number of hydrogen-bond donors (Lipinski definition) is 0. The Morgan fingerprint density at radius 2 is 1.07 bits per heavy atom. The van der Waals surface area contributed by atoms with Crippen LogP contribution in [0.4, 0.5) is 0 Å². The van der Waals surface area contributed by atoms with Gasteiger partial charge in [0.25, 0.3) is 0 Å². The second-order valence-electron chi connectivity index (χ2n) is 15.4. The van der Waals surface area contributed by atoms with Crippen molar-refractivity contribution in [2.45, 2.75) is 33.6 Å². The molecule has 3 heteroatoms. The normalized spacial score (nSPS) is 13.2. The zero-order valence-electron chi connectivity index (χ0n) is 30.9. The van der Waals surface area contributed by atoms with Gasteiger partial charge < -0.3 is 9.13 Å². The van der Waals surface area contributed by atoms with Crippen LogP contribution >= 0.6 is 0 Å². The number of aromatic nitrogens is 2. The van der Waals surface area contributed by atoms with Crippen LogP contribution in [0.15, 0.2) is 146 Å². The van der Waals surface area contributed by atoms with Crippen molar-refractivity contribution >= 4 is 68.0 Å². The summed E-state index contributed by atoms with van der Waals surface area (Å²) in [6.07, 6.45) is 7.08. The van der Waals surface area contributed by atoms with Crippen LogP contribution in [0, 0.1) is 20.8 Å². The topological polar surface area (TPSA) is 9.86 Å². The highest BCUT2D eigenvalue weighted by atomic mass is 15.0. The van der Waals surface area contributed by atoms with Gasteiger partial charge in [-0.15, -0.1) is 0 Å². The zero-order valence-corrected chi connectivity index (χ0v) is 30.9. The molecule has 0 fully saturated rings. The van der Waals surface area contributed by atoms with E-state index < -0.39 is 0 Å². The molecule has 2 aliphatic rings. The van der Waals surface area contributed by atoms with E-state index in [1.54, 1.807) is 0 Å². The van der Waals surface area contributed by atoms with Crippen LogP contribution in [-0.4, -0.2) is 15.8 Å². The minimum Gasteiger partial charge on any atom is -0.311 e. The lowest BCUT2D eigenvalue weighted by molar-refractivity contribution is 1.03. The van der Waals surface area contributed by atoms with E-state index in [-0.39, 0.29) is 6.71 Å². The van der Waals surface area contributed by atoms with Gasteiger partial charge in [-0.25, -0.2) is 0 Å². The highest BCUT2D eigenvalue weighted by Crippen LogP contribution is 2.38. The smallest absolute Gasteiger partial charge is 0.247 e. The average molecular weight is 691 g/mol. The summed E-state index contributed by atoms with van der Waals surface area (Å²) in [5.74, 6) is 0. The Morgan fingerprint density at radius 3 is 1.72 bits per heavy atom. The third kappa shape index (κ3) is 4.48. The molecule has 3 heterocycles. The molecule has 1 aliphatic heterocycles. The van der Waals surface area contributed by atoms with Gasteiger partial charge in [-0.3, -0.25) is 0 Å². The van der Waals surface area contributed by atoms with Crippen molar-refractivity contribution in [3.8, 4) is 33.6 Å². The SMILES string of the molecule is Cc1cc(C)c(B2c3ccccc3-n3c4c(c5c(-n6c7cc(-c8ccccc8)ccc7c7ccc(-c8ccccc8)cc76)ccc2c53)=CCCC=4)c(C)c1. The Hall–Kier alpha value is -6.32. The Balaban J connectivity index is 1.30. The van der Waals surface area contributed by atoms with E-state index in [0.717, 1.165) is 12.8 Å². The van der Waals surface area contributed by atoms with E-state index in [0.29, 0.717) is 0 Å². The van der Waals surface area contributed by atoms with Gasteiger partial charge in [0.1, 0.15) is 0 Å². The van der Waals surface area contributed by atoms with Crippen LogP contribution in [0.5, 0.6) is 0 Å². The number of fused-ring (bicyclic) bond motifs is 8. The Kier molecular flexibility index (Phi) is 6.85. The monoisotopic (exact) mass is 690 g/mol. The fourth-order valence-electron chi connectivity index (χ4n) is 9.96. The van der Waals surface area contributed by atoms with Crippen molar-refractivity contribution < 1.29 is 0 Å². The van der Waals surface area contributed by atoms with Crippen LogP contribution in [0.2, 0.25) is 0 Å². The average Bonchev–Trinajstić information content (AvgIpc) is 3.73. The molecule has 256 valence electrons. The summed E-state index contributed by atoms with van der Waals surface area (Å²) in [4.78, 5) is 0. The minimum absolute atomic E-state index is 0.134. The minimum atomic E-state index is 0.134. The molecule has 0 bridgehead atoms. The standard InChI is InChI=1S/C51H39BN2/c1-32-28-33(2)50(34(3)29-32)52-42-19-11-13-21-45(42)54-44-20-12-10-18-41(44)49-46(27-26-43(52)51(49)54)53-47-30-37(35-14-6-4-7-15-35)22-24-39(47)40-25-23-38(31-48(40)53)36-16-8-5-9-17-36/h4-9,11,13-31H,10,12H2,1-3H3. The van der Waals surface area contributed by atoms with Crippen molar-refractivity contribution in [2.75, 3.05) is 0 Å². The summed E-state index contributed by atoms with van der Waals surface area (Å²) >= 11 is 0. The van der Waals surface area contributed by atoms with Crippen molar-refractivity contribution in [2.24, 2.45) is 0 Å². The van der Waals surface area contributed by atoms with Crippen LogP contribution < -0.4 is 27.0 Å². The predicted octanol–water partition coefficient (Wildman–Crippen LogP) is 9.17. The molecule has 54 heavy (non-hydrogen) atoms. The molecule has 0 N–H and O–H groups in total. The molecule has 2 aromatic heterocycles. The maximum absolute atomic E-state index is 2.60. The molecule has 0 atom stereocenters. The molecule has 0 radical (unpaired) electrons. The van der Waals surface area contributed by atoms with Crippen molar-refractivity contribution in [3.63, 3.8) is 0 Å². The number of para-hydroxylation sites is 1. The Morgan fingerprint density at radius 1 is 0.481 bits per heavy atom. The largest absolute Gasteiger partial charge is 0.311 e. The third-order valence-electron chi connectivity index (χ3n) is 12.1. The van der Waals surface area contributed by atoms with E-state index in [1.165, 1.54) is 110 Å². The fraction of sp³-hybridized carbons (Fsp3) is 0.0980. The number of aryl methyl sites for hydroxylation is 3. The maximum atomic E-state index is 2.60. The quantitative estimate of drug-likeness (QED) is 0.163. The van der Waals surface area contributed by atoms with Gasteiger partial charge in [-0.2, -0.15) is 0 Å². The number of rotatable bonds is 4. The predicted molar refractivity (Wildman–Crippen MR) is 231 cm³/mol. The lowest BCUT2D eigenvalue weighted by atomic mass is 9.34. The molecule has 9 aromatic rings. The first kappa shape index (κ1) is 31.2. The molecule has 1 aliphatic carbocycles. The molecule has 7 aromatic carbocycles. The summed E-state index contributed by atoms with van der Waals surface area (Å²) in [7, 11) is 0. The van der Waals surface area contributed by atoms with Gasteiger partial charge in [0.15, 0.2) is 0 Å². The lowest BCUT2D eigenvalue weighted by Crippen LogP contribution is -2.58. The van der Waals surface area contributed by atoms with Crippen molar-refractivity contribution in [3.05, 3.63) is 173 Å². The molecule has 0 saturated carbocycles. The second kappa shape index (κ2) is 11.8. The first-order chi connectivity index (χ1) is 26.5. The fourth-order valence-corrected chi connectivity index (χ4v) is 9.96. The van der Waals surface area contributed by atoms with Gasteiger partial charge in [0, 0.05) is 32.4 Å². The van der Waals surface area contributed by atoms with E-state index in [9.17, 15) is 0 Å². The van der Waals surface area contributed by atoms with E-state index in [2.05, 4.69) is 188 Å². The number of nitrogens with zero attached hydrogens (tertiary/aromatic N) is 2. The lowest BCUT2D eigenvalue weighted by Gasteiger charge is -2.29. The second-order valence-corrected chi connectivity index (χ2v) is 15.4. The molecule has 11 rings (SSSR count). The molecular formula is C51H39BN2. The van der Waals surface area contributed by atoms with Crippen molar-refractivity contribution in [1.82, 2.24) is 9.13 Å².